The molecule has 0 saturated carbocycles. The molecule has 1 aliphatic heterocycles. The molecule has 1 aromatic heterocycles. The van der Waals surface area contributed by atoms with Crippen LogP contribution in [0.2, 0.25) is 0 Å². The molecule has 198 valence electrons. The number of aromatic nitrogens is 1. The van der Waals surface area contributed by atoms with Gasteiger partial charge in [-0.15, -0.1) is 0 Å². The van der Waals surface area contributed by atoms with E-state index in [1.54, 1.807) is 37.4 Å². The Morgan fingerprint density at radius 1 is 1.05 bits per heavy atom. The van der Waals surface area contributed by atoms with Gasteiger partial charge in [-0.25, -0.2) is 13.4 Å². The summed E-state index contributed by atoms with van der Waals surface area (Å²) >= 11 is 0. The summed E-state index contributed by atoms with van der Waals surface area (Å²) < 4.78 is 84.3. The van der Waals surface area contributed by atoms with Crippen molar-refractivity contribution in [2.24, 2.45) is 4.99 Å². The number of sulfone groups is 1. The van der Waals surface area contributed by atoms with E-state index in [1.165, 1.54) is 24.3 Å². The first-order valence-corrected chi connectivity index (χ1v) is 13.1. The van der Waals surface area contributed by atoms with E-state index in [0.29, 0.717) is 40.8 Å². The van der Waals surface area contributed by atoms with Crippen LogP contribution >= 0.6 is 0 Å². The Labute approximate surface area is 212 Å². The highest BCUT2D eigenvalue weighted by atomic mass is 32.2. The summed E-state index contributed by atoms with van der Waals surface area (Å²) in [4.78, 5) is 7.07. The molecule has 4 rings (SSSR count). The number of nitrogens with one attached hydrogen (secondary N) is 1. The quantitative estimate of drug-likeness (QED) is 0.412. The molecule has 2 atom stereocenters. The van der Waals surface area contributed by atoms with Crippen LogP contribution in [0.15, 0.2) is 64.5 Å². The third-order valence-corrected chi connectivity index (χ3v) is 6.48. The van der Waals surface area contributed by atoms with Gasteiger partial charge in [-0.2, -0.15) is 13.2 Å². The topological polar surface area (TPSA) is 99.2 Å². The van der Waals surface area contributed by atoms with E-state index >= 15 is 0 Å². The molecule has 12 heteroatoms. The van der Waals surface area contributed by atoms with E-state index in [4.69, 9.17) is 18.9 Å². The van der Waals surface area contributed by atoms with E-state index in [0.717, 1.165) is 6.26 Å². The Kier molecular flexibility index (Phi) is 7.51. The van der Waals surface area contributed by atoms with Gasteiger partial charge in [-0.1, -0.05) is 0 Å². The fraction of sp³-hybridized carbons (Fsp3) is 0.320. The number of methoxy groups -OCH3 is 1. The lowest BCUT2D eigenvalue weighted by Crippen LogP contribution is -2.32. The molecule has 0 bridgehead atoms. The minimum Gasteiger partial charge on any atom is -0.488 e. The number of H-pyrrole nitrogens is 1. The molecule has 37 heavy (non-hydrogen) atoms. The Morgan fingerprint density at radius 2 is 1.73 bits per heavy atom. The minimum absolute atomic E-state index is 0.114. The molecule has 2 heterocycles. The van der Waals surface area contributed by atoms with E-state index in [9.17, 15) is 21.6 Å². The average Bonchev–Trinajstić information content (AvgIpc) is 3.49. The molecule has 0 radical (unpaired) electrons. The highest BCUT2D eigenvalue weighted by molar-refractivity contribution is 7.90. The van der Waals surface area contributed by atoms with Crippen molar-refractivity contribution in [2.75, 3.05) is 26.5 Å². The first kappa shape index (κ1) is 26.6. The van der Waals surface area contributed by atoms with Crippen molar-refractivity contribution in [1.82, 2.24) is 4.98 Å². The number of aromatic amines is 1. The van der Waals surface area contributed by atoms with Crippen molar-refractivity contribution in [3.8, 4) is 28.5 Å². The van der Waals surface area contributed by atoms with Crippen LogP contribution in [-0.4, -0.2) is 64.2 Å². The number of hydrogen-bond acceptors (Lipinski definition) is 7. The molecule has 1 aliphatic rings. The molecule has 0 aliphatic carbocycles. The van der Waals surface area contributed by atoms with Gasteiger partial charge < -0.3 is 23.9 Å². The molecule has 1 N–H and O–H groups in total. The van der Waals surface area contributed by atoms with E-state index in [2.05, 4.69) is 9.98 Å². The zero-order chi connectivity index (χ0) is 26.8. The molecule has 0 spiro atoms. The number of ether oxygens (including phenoxy) is 4. The fourth-order valence-electron chi connectivity index (χ4n) is 3.63. The van der Waals surface area contributed by atoms with E-state index in [1.807, 2.05) is 6.92 Å². The highest BCUT2D eigenvalue weighted by Gasteiger charge is 2.45. The lowest BCUT2D eigenvalue weighted by atomic mass is 10.1. The molecular formula is C25H25F3N2O6S. The first-order chi connectivity index (χ1) is 17.4. The third-order valence-electron chi connectivity index (χ3n) is 5.35. The third kappa shape index (κ3) is 6.63. The smallest absolute Gasteiger partial charge is 0.427 e. The maximum atomic E-state index is 13.0. The summed E-state index contributed by atoms with van der Waals surface area (Å²) in [6, 6.07) is 14.4. The summed E-state index contributed by atoms with van der Waals surface area (Å²) in [6.07, 6.45) is -5.63. The molecule has 0 saturated heterocycles. The van der Waals surface area contributed by atoms with Gasteiger partial charge in [-0.3, -0.25) is 0 Å². The van der Waals surface area contributed by atoms with Crippen molar-refractivity contribution in [1.29, 1.82) is 0 Å². The summed E-state index contributed by atoms with van der Waals surface area (Å²) in [7, 11) is -1.79. The largest absolute Gasteiger partial charge is 0.488 e. The van der Waals surface area contributed by atoms with Crippen LogP contribution in [0.1, 0.15) is 12.6 Å². The summed E-state index contributed by atoms with van der Waals surface area (Å²) in [6.45, 7) is 1.68. The molecule has 0 fully saturated rings. The van der Waals surface area contributed by atoms with Gasteiger partial charge in [0.2, 0.25) is 12.0 Å². The monoisotopic (exact) mass is 538 g/mol. The number of alkyl halides is 3. The second kappa shape index (κ2) is 10.5. The number of hydrogen-bond donors (Lipinski definition) is 1. The number of rotatable bonds is 9. The number of halogens is 3. The zero-order valence-corrected chi connectivity index (χ0v) is 21.0. The lowest BCUT2D eigenvalue weighted by molar-refractivity contribution is -0.190. The average molecular weight is 539 g/mol. The second-order valence-electron chi connectivity index (χ2n) is 8.50. The van der Waals surface area contributed by atoms with Crippen LogP contribution in [0.25, 0.3) is 11.3 Å². The van der Waals surface area contributed by atoms with E-state index < -0.39 is 28.7 Å². The maximum absolute atomic E-state index is 13.0. The lowest BCUT2D eigenvalue weighted by Gasteiger charge is -2.16. The molecule has 2 aromatic carbocycles. The summed E-state index contributed by atoms with van der Waals surface area (Å²) in [5.74, 6) is 1.15. The molecule has 3 aromatic rings. The first-order valence-electron chi connectivity index (χ1n) is 11.2. The Morgan fingerprint density at radius 3 is 2.35 bits per heavy atom. The minimum atomic E-state index is -4.50. The maximum Gasteiger partial charge on any atom is 0.427 e. The van der Waals surface area contributed by atoms with Gasteiger partial charge in [0, 0.05) is 30.7 Å². The normalized spacial score (nSPS) is 16.7. The van der Waals surface area contributed by atoms with Gasteiger partial charge in [0.1, 0.15) is 29.0 Å². The predicted molar refractivity (Wildman–Crippen MR) is 130 cm³/mol. The van der Waals surface area contributed by atoms with Crippen molar-refractivity contribution in [2.45, 2.75) is 30.2 Å². The second-order valence-corrected chi connectivity index (χ2v) is 10.5. The highest BCUT2D eigenvalue weighted by Crippen LogP contribution is 2.34. The Hall–Kier alpha value is -3.51. The Bertz CT molecular complexity index is 1380. The molecular weight excluding hydrogens is 513 g/mol. The summed E-state index contributed by atoms with van der Waals surface area (Å²) in [5, 5.41) is 0. The van der Waals surface area contributed by atoms with Gasteiger partial charge in [0.05, 0.1) is 18.0 Å². The van der Waals surface area contributed by atoms with Crippen molar-refractivity contribution >= 4 is 15.7 Å². The van der Waals surface area contributed by atoms with Crippen LogP contribution < -0.4 is 9.47 Å². The van der Waals surface area contributed by atoms with Crippen LogP contribution in [0, 0.1) is 0 Å². The van der Waals surface area contributed by atoms with Crippen LogP contribution in [-0.2, 0) is 19.3 Å². The molecule has 0 unspecified atom stereocenters. The number of benzene rings is 2. The standard InChI is InChI=1S/C25H25F3N2O6S/c1-15(14-33-2)34-18-10-16(11-19(12-18)35-17-4-6-20(7-5-17)37(3,31)32)21-8-9-22(30-21)24-29-13-23(36-24)25(26,27)28/h4-12,15,23,30H,13-14H2,1-3H3/t15-,23-/m0/s1. The molecule has 8 nitrogen and oxygen atoms in total. The van der Waals surface area contributed by atoms with E-state index in [-0.39, 0.29) is 16.9 Å². The van der Waals surface area contributed by atoms with Crippen LogP contribution in [0.3, 0.4) is 0 Å². The van der Waals surface area contributed by atoms with Gasteiger partial charge in [0.25, 0.3) is 0 Å². The molecule has 0 amide bonds. The number of aliphatic imine (C=N–C) groups is 1. The summed E-state index contributed by atoms with van der Waals surface area (Å²) in [5.41, 5.74) is 1.50. The fourth-order valence-corrected chi connectivity index (χ4v) is 4.26. The zero-order valence-electron chi connectivity index (χ0n) is 20.2. The van der Waals surface area contributed by atoms with Crippen molar-refractivity contribution < 1.29 is 40.5 Å². The Balaban J connectivity index is 1.61. The van der Waals surface area contributed by atoms with Crippen molar-refractivity contribution in [3.05, 3.63) is 60.3 Å². The van der Waals surface area contributed by atoms with Crippen LogP contribution in [0.4, 0.5) is 13.2 Å². The van der Waals surface area contributed by atoms with Gasteiger partial charge >= 0.3 is 6.18 Å². The van der Waals surface area contributed by atoms with Crippen molar-refractivity contribution in [3.63, 3.8) is 0 Å². The number of nitrogens with zero attached hydrogens (tertiary/aromatic N) is 1. The van der Waals surface area contributed by atoms with Crippen LogP contribution in [0.5, 0.6) is 17.2 Å². The van der Waals surface area contributed by atoms with Gasteiger partial charge in [0.15, 0.2) is 9.84 Å². The SMILES string of the molecule is COC[C@H](C)Oc1cc(Oc2ccc(S(C)(=O)=O)cc2)cc(-c2ccc(C3=NC[C@@H](C(F)(F)F)O3)[nH]2)c1. The predicted octanol–water partition coefficient (Wildman–Crippen LogP) is 5.00. The van der Waals surface area contributed by atoms with Gasteiger partial charge in [-0.05, 0) is 55.5 Å².